The van der Waals surface area contributed by atoms with E-state index in [1.54, 1.807) is 6.92 Å². The molecule has 0 saturated carbocycles. The van der Waals surface area contributed by atoms with Crippen molar-refractivity contribution in [2.45, 2.75) is 38.0 Å². The zero-order chi connectivity index (χ0) is 18.5. The quantitative estimate of drug-likeness (QED) is 0.748. The Hall–Kier alpha value is -2.48. The molecule has 1 spiro atoms. The van der Waals surface area contributed by atoms with E-state index in [9.17, 15) is 23.9 Å². The van der Waals surface area contributed by atoms with Crippen molar-refractivity contribution in [1.29, 1.82) is 0 Å². The molecule has 3 amide bonds. The summed E-state index contributed by atoms with van der Waals surface area (Å²) in [5, 5.41) is 9.78. The van der Waals surface area contributed by atoms with E-state index in [0.717, 1.165) is 0 Å². The van der Waals surface area contributed by atoms with Gasteiger partial charge in [0.15, 0.2) is 0 Å². The van der Waals surface area contributed by atoms with Crippen LogP contribution >= 0.6 is 0 Å². The minimum Gasteiger partial charge on any atom is -0.391 e. The third-order valence-corrected chi connectivity index (χ3v) is 5.16. The van der Waals surface area contributed by atoms with E-state index in [2.05, 4.69) is 0 Å². The molecule has 2 aliphatic heterocycles. The predicted molar refractivity (Wildman–Crippen MR) is 86.8 cm³/mol. The monoisotopic (exact) mass is 349 g/mol. The topological polar surface area (TPSA) is 104 Å². The summed E-state index contributed by atoms with van der Waals surface area (Å²) in [4.78, 5) is 39.7. The molecule has 0 radical (unpaired) electrons. The molecule has 1 aromatic rings. The lowest BCUT2D eigenvalue weighted by Gasteiger charge is -2.55. The average Bonchev–Trinajstić information content (AvgIpc) is 2.79. The molecule has 8 heteroatoms. The number of carbonyl (C=O) groups excluding carboxylic acids is 3. The Morgan fingerprint density at radius 3 is 2.44 bits per heavy atom. The lowest BCUT2D eigenvalue weighted by atomic mass is 9.76. The molecule has 4 atom stereocenters. The Labute approximate surface area is 144 Å². The highest BCUT2D eigenvalue weighted by Gasteiger charge is 2.66. The van der Waals surface area contributed by atoms with Crippen LogP contribution in [0.5, 0.6) is 0 Å². The lowest BCUT2D eigenvalue weighted by molar-refractivity contribution is -0.164. The molecule has 134 valence electrons. The molecular weight excluding hydrogens is 329 g/mol. The van der Waals surface area contributed by atoms with Crippen LogP contribution in [0.25, 0.3) is 0 Å². The number of anilines is 1. The van der Waals surface area contributed by atoms with Crippen LogP contribution in [0.4, 0.5) is 10.1 Å². The number of halogens is 1. The maximum Gasteiger partial charge on any atom is 0.251 e. The number of aliphatic hydroxyl groups excluding tert-OH is 1. The van der Waals surface area contributed by atoms with Crippen molar-refractivity contribution in [2.75, 3.05) is 11.4 Å². The fourth-order valence-corrected chi connectivity index (χ4v) is 3.90. The molecule has 2 heterocycles. The first kappa shape index (κ1) is 17.3. The number of benzene rings is 1. The highest BCUT2D eigenvalue weighted by molar-refractivity contribution is 6.11. The highest BCUT2D eigenvalue weighted by atomic mass is 19.1. The van der Waals surface area contributed by atoms with Gasteiger partial charge in [0.1, 0.15) is 17.4 Å². The first-order valence-electron chi connectivity index (χ1n) is 8.07. The second kappa shape index (κ2) is 5.80. The predicted octanol–water partition coefficient (Wildman–Crippen LogP) is 0.0142. The van der Waals surface area contributed by atoms with Gasteiger partial charge in [-0.2, -0.15) is 0 Å². The number of hydrogen-bond donors (Lipinski definition) is 2. The van der Waals surface area contributed by atoms with Crippen molar-refractivity contribution in [1.82, 2.24) is 4.90 Å². The van der Waals surface area contributed by atoms with Crippen molar-refractivity contribution in [3.63, 3.8) is 0 Å². The minimum absolute atomic E-state index is 0.0919. The van der Waals surface area contributed by atoms with Crippen LogP contribution in [0.15, 0.2) is 24.3 Å². The van der Waals surface area contributed by atoms with E-state index >= 15 is 0 Å². The molecule has 0 aromatic heterocycles. The normalized spacial score (nSPS) is 28.2. The largest absolute Gasteiger partial charge is 0.391 e. The second-order valence-electron chi connectivity index (χ2n) is 6.76. The van der Waals surface area contributed by atoms with E-state index in [-0.39, 0.29) is 24.8 Å². The number of nitrogens with two attached hydrogens (primary N) is 1. The summed E-state index contributed by atoms with van der Waals surface area (Å²) in [5.74, 6) is -2.19. The molecule has 3 rings (SSSR count). The number of aliphatic hydroxyl groups is 1. The van der Waals surface area contributed by atoms with Gasteiger partial charge in [0.05, 0.1) is 12.6 Å². The van der Waals surface area contributed by atoms with Gasteiger partial charge in [-0.3, -0.25) is 19.3 Å². The first-order valence-corrected chi connectivity index (χ1v) is 8.07. The van der Waals surface area contributed by atoms with Crippen LogP contribution in [0.3, 0.4) is 0 Å². The molecule has 0 aliphatic carbocycles. The van der Waals surface area contributed by atoms with Crippen LogP contribution in [0.1, 0.15) is 20.3 Å². The maximum absolute atomic E-state index is 13.2. The Morgan fingerprint density at radius 2 is 1.96 bits per heavy atom. The Balaban J connectivity index is 1.97. The summed E-state index contributed by atoms with van der Waals surface area (Å²) in [6, 6.07) is 4.20. The fourth-order valence-electron chi connectivity index (χ4n) is 3.90. The van der Waals surface area contributed by atoms with Gasteiger partial charge < -0.3 is 15.7 Å². The van der Waals surface area contributed by atoms with Crippen LogP contribution in [-0.4, -0.2) is 52.0 Å². The molecule has 0 bridgehead atoms. The number of nitrogens with zero attached hydrogens (tertiary/aromatic N) is 2. The van der Waals surface area contributed by atoms with Gasteiger partial charge in [-0.25, -0.2) is 4.39 Å². The van der Waals surface area contributed by atoms with Gasteiger partial charge in [0.2, 0.25) is 11.8 Å². The van der Waals surface area contributed by atoms with Gasteiger partial charge in [0, 0.05) is 12.1 Å². The summed E-state index contributed by atoms with van der Waals surface area (Å²) in [6.45, 7) is 3.27. The third-order valence-electron chi connectivity index (χ3n) is 5.16. The van der Waals surface area contributed by atoms with E-state index < -0.39 is 35.3 Å². The molecule has 2 saturated heterocycles. The zero-order valence-electron chi connectivity index (χ0n) is 14.0. The van der Waals surface area contributed by atoms with Crippen molar-refractivity contribution < 1.29 is 23.9 Å². The first-order chi connectivity index (χ1) is 11.7. The number of carbonyl (C=O) groups is 3. The number of hydrogen-bond acceptors (Lipinski definition) is 4. The molecule has 3 N–H and O–H groups in total. The van der Waals surface area contributed by atoms with Gasteiger partial charge in [0.25, 0.3) is 5.91 Å². The van der Waals surface area contributed by atoms with Crippen molar-refractivity contribution in [3.05, 3.63) is 30.1 Å². The van der Waals surface area contributed by atoms with Crippen molar-refractivity contribution in [2.24, 2.45) is 11.7 Å². The van der Waals surface area contributed by atoms with Gasteiger partial charge in [-0.05, 0) is 37.1 Å². The molecule has 2 unspecified atom stereocenters. The maximum atomic E-state index is 13.2. The lowest BCUT2D eigenvalue weighted by Crippen LogP contribution is -2.78. The molecule has 7 nitrogen and oxygen atoms in total. The smallest absolute Gasteiger partial charge is 0.251 e. The Bertz CT molecular complexity index is 736. The average molecular weight is 349 g/mol. The molecule has 2 fully saturated rings. The van der Waals surface area contributed by atoms with Crippen LogP contribution in [-0.2, 0) is 14.4 Å². The molecule has 25 heavy (non-hydrogen) atoms. The fraction of sp³-hybridized carbons (Fsp3) is 0.471. The van der Waals surface area contributed by atoms with Gasteiger partial charge in [-0.15, -0.1) is 0 Å². The summed E-state index contributed by atoms with van der Waals surface area (Å²) < 4.78 is 13.2. The highest BCUT2D eigenvalue weighted by Crippen LogP contribution is 2.47. The third kappa shape index (κ3) is 2.39. The number of amides is 3. The SMILES string of the molecule is CC1CC(=O)N(c2ccc(F)cc2)C12CN([C@H](C(N)=O)[C@@H](C)O)C2=O. The van der Waals surface area contributed by atoms with E-state index in [1.165, 1.54) is 41.0 Å². The van der Waals surface area contributed by atoms with E-state index in [0.29, 0.717) is 5.69 Å². The number of primary amides is 1. The van der Waals surface area contributed by atoms with Gasteiger partial charge in [-0.1, -0.05) is 6.92 Å². The molecular formula is C17H20FN3O4. The van der Waals surface area contributed by atoms with Crippen molar-refractivity contribution in [3.8, 4) is 0 Å². The van der Waals surface area contributed by atoms with Crippen molar-refractivity contribution >= 4 is 23.4 Å². The minimum atomic E-state index is -1.14. The summed E-state index contributed by atoms with van der Waals surface area (Å²) in [6.07, 6.45) is -0.946. The molecule has 1 aromatic carbocycles. The van der Waals surface area contributed by atoms with E-state index in [1.807, 2.05) is 0 Å². The number of β-lactam (4-membered cyclic amide) rings is 1. The van der Waals surface area contributed by atoms with Crippen LogP contribution < -0.4 is 10.6 Å². The van der Waals surface area contributed by atoms with Crippen LogP contribution in [0, 0.1) is 11.7 Å². The second-order valence-corrected chi connectivity index (χ2v) is 6.76. The Kier molecular flexibility index (Phi) is 4.03. The number of rotatable bonds is 4. The number of likely N-dealkylation sites (tertiary alicyclic amines) is 1. The van der Waals surface area contributed by atoms with Gasteiger partial charge >= 0.3 is 0 Å². The summed E-state index contributed by atoms with van der Waals surface area (Å²) >= 11 is 0. The standard InChI is InChI=1S/C17H20FN3O4/c1-9-7-13(23)21(12-5-3-11(18)4-6-12)17(9)8-20(16(17)25)14(10(2)22)15(19)24/h3-6,9-10,14,22H,7-8H2,1-2H3,(H2,19,24)/t9?,10-,14+,17?/m1/s1. The molecule has 2 aliphatic rings. The zero-order valence-corrected chi connectivity index (χ0v) is 14.0. The summed E-state index contributed by atoms with van der Waals surface area (Å²) in [5.41, 5.74) is 4.61. The van der Waals surface area contributed by atoms with Crippen LogP contribution in [0.2, 0.25) is 0 Å². The summed E-state index contributed by atoms with van der Waals surface area (Å²) in [7, 11) is 0. The van der Waals surface area contributed by atoms with E-state index in [4.69, 9.17) is 5.73 Å². The Morgan fingerprint density at radius 1 is 1.36 bits per heavy atom.